The van der Waals surface area contributed by atoms with Crippen molar-refractivity contribution in [3.05, 3.63) is 63.4 Å². The summed E-state index contributed by atoms with van der Waals surface area (Å²) in [6.07, 6.45) is 3.56. The highest BCUT2D eigenvalue weighted by Gasteiger charge is 2.14. The van der Waals surface area contributed by atoms with Crippen LogP contribution in [-0.4, -0.2) is 10.1 Å². The fourth-order valence-corrected chi connectivity index (χ4v) is 2.17. The number of aromatic nitrogens is 1. The van der Waals surface area contributed by atoms with Crippen LogP contribution in [0.5, 0.6) is 0 Å². The molecule has 1 heterocycles. The molecule has 0 bridgehead atoms. The van der Waals surface area contributed by atoms with Gasteiger partial charge in [0.2, 0.25) is 0 Å². The molecule has 1 aromatic heterocycles. The molecule has 18 heavy (non-hydrogen) atoms. The van der Waals surface area contributed by atoms with E-state index in [2.05, 4.69) is 4.98 Å². The van der Waals surface area contributed by atoms with Crippen LogP contribution in [0.25, 0.3) is 0 Å². The van der Waals surface area contributed by atoms with Gasteiger partial charge in [0.05, 0.1) is 10.0 Å². The van der Waals surface area contributed by atoms with E-state index in [1.54, 1.807) is 30.6 Å². The van der Waals surface area contributed by atoms with Gasteiger partial charge in [0.1, 0.15) is 6.10 Å². The number of aryl methyl sites for hydroxylation is 1. The summed E-state index contributed by atoms with van der Waals surface area (Å²) in [5.74, 6) is 0. The second kappa shape index (κ2) is 5.70. The molecule has 0 radical (unpaired) electrons. The van der Waals surface area contributed by atoms with Gasteiger partial charge in [-0.15, -0.1) is 0 Å². The van der Waals surface area contributed by atoms with Crippen molar-refractivity contribution in [1.29, 1.82) is 0 Å². The molecule has 0 aliphatic rings. The minimum atomic E-state index is -0.710. The van der Waals surface area contributed by atoms with E-state index in [0.29, 0.717) is 10.0 Å². The van der Waals surface area contributed by atoms with E-state index in [-0.39, 0.29) is 0 Å². The number of benzene rings is 1. The van der Waals surface area contributed by atoms with Crippen LogP contribution >= 0.6 is 23.2 Å². The van der Waals surface area contributed by atoms with Crippen LogP contribution in [0.15, 0.2) is 36.7 Å². The average molecular weight is 282 g/mol. The van der Waals surface area contributed by atoms with E-state index < -0.39 is 6.10 Å². The number of aliphatic hydroxyl groups excluding tert-OH is 1. The third-order valence-corrected chi connectivity index (χ3v) is 3.62. The largest absolute Gasteiger partial charge is 0.384 e. The maximum atomic E-state index is 10.4. The minimum Gasteiger partial charge on any atom is -0.384 e. The molecule has 94 valence electrons. The van der Waals surface area contributed by atoms with E-state index in [1.165, 1.54) is 0 Å². The van der Waals surface area contributed by atoms with Gasteiger partial charge < -0.3 is 5.11 Å². The highest BCUT2D eigenvalue weighted by Crippen LogP contribution is 2.30. The Balaban J connectivity index is 2.41. The molecule has 0 spiro atoms. The van der Waals surface area contributed by atoms with Crippen molar-refractivity contribution >= 4 is 23.2 Å². The normalized spacial score (nSPS) is 12.4. The first-order valence-electron chi connectivity index (χ1n) is 5.69. The highest BCUT2D eigenvalue weighted by atomic mass is 35.5. The molecule has 2 nitrogen and oxygen atoms in total. The summed E-state index contributed by atoms with van der Waals surface area (Å²) in [6, 6.07) is 6.98. The number of pyridine rings is 1. The lowest BCUT2D eigenvalue weighted by molar-refractivity contribution is 0.219. The summed E-state index contributed by atoms with van der Waals surface area (Å²) < 4.78 is 0. The van der Waals surface area contributed by atoms with E-state index in [0.717, 1.165) is 23.1 Å². The topological polar surface area (TPSA) is 33.1 Å². The number of rotatable bonds is 3. The molecule has 0 fully saturated rings. The van der Waals surface area contributed by atoms with Gasteiger partial charge in [-0.2, -0.15) is 0 Å². The first kappa shape index (κ1) is 13.3. The van der Waals surface area contributed by atoms with E-state index >= 15 is 0 Å². The van der Waals surface area contributed by atoms with Crippen molar-refractivity contribution in [3.8, 4) is 0 Å². The van der Waals surface area contributed by atoms with Gasteiger partial charge in [-0.25, -0.2) is 0 Å². The van der Waals surface area contributed by atoms with Gasteiger partial charge in [0, 0.05) is 12.4 Å². The lowest BCUT2D eigenvalue weighted by Gasteiger charge is -2.15. The molecule has 0 saturated carbocycles. The van der Waals surface area contributed by atoms with Gasteiger partial charge >= 0.3 is 0 Å². The molecule has 1 unspecified atom stereocenters. The summed E-state index contributed by atoms with van der Waals surface area (Å²) in [6.45, 7) is 2.03. The Morgan fingerprint density at radius 2 is 2.00 bits per heavy atom. The van der Waals surface area contributed by atoms with Crippen LogP contribution in [0.1, 0.15) is 29.7 Å². The van der Waals surface area contributed by atoms with Crippen LogP contribution in [0.4, 0.5) is 0 Å². The number of halogens is 2. The molecule has 0 amide bonds. The highest BCUT2D eigenvalue weighted by molar-refractivity contribution is 6.42. The van der Waals surface area contributed by atoms with Crippen LogP contribution in [0.3, 0.4) is 0 Å². The Morgan fingerprint density at radius 1 is 1.22 bits per heavy atom. The molecule has 1 N–H and O–H groups in total. The monoisotopic (exact) mass is 281 g/mol. The quantitative estimate of drug-likeness (QED) is 0.921. The van der Waals surface area contributed by atoms with Gasteiger partial charge in [0.15, 0.2) is 0 Å². The molecular formula is C14H13Cl2NO. The summed E-state index contributed by atoms with van der Waals surface area (Å²) >= 11 is 11.8. The van der Waals surface area contributed by atoms with Gasteiger partial charge in [-0.05, 0) is 41.3 Å². The SMILES string of the molecule is CCc1cnccc1C(O)c1ccc(Cl)c(Cl)c1. The molecule has 0 saturated heterocycles. The minimum absolute atomic E-state index is 0.445. The summed E-state index contributed by atoms with van der Waals surface area (Å²) in [7, 11) is 0. The molecule has 0 aliphatic heterocycles. The smallest absolute Gasteiger partial charge is 0.104 e. The van der Waals surface area contributed by atoms with Gasteiger partial charge in [-0.3, -0.25) is 4.98 Å². The fourth-order valence-electron chi connectivity index (χ4n) is 1.86. The van der Waals surface area contributed by atoms with Crippen molar-refractivity contribution < 1.29 is 5.11 Å². The number of hydrogen-bond donors (Lipinski definition) is 1. The fraction of sp³-hybridized carbons (Fsp3) is 0.214. The third kappa shape index (κ3) is 2.66. The number of aliphatic hydroxyl groups is 1. The zero-order chi connectivity index (χ0) is 13.1. The lowest BCUT2D eigenvalue weighted by atomic mass is 9.97. The molecule has 4 heteroatoms. The predicted octanol–water partition coefficient (Wildman–Crippen LogP) is 4.03. The predicted molar refractivity (Wildman–Crippen MR) is 74.1 cm³/mol. The van der Waals surface area contributed by atoms with Crippen molar-refractivity contribution in [2.45, 2.75) is 19.4 Å². The molecule has 1 aromatic carbocycles. The van der Waals surface area contributed by atoms with Crippen molar-refractivity contribution in [3.63, 3.8) is 0 Å². The standard InChI is InChI=1S/C14H13Cl2NO/c1-2-9-8-17-6-5-11(9)14(18)10-3-4-12(15)13(16)7-10/h3-8,14,18H,2H2,1H3. The molecule has 0 aliphatic carbocycles. The Bertz CT molecular complexity index is 557. The first-order valence-corrected chi connectivity index (χ1v) is 6.45. The zero-order valence-electron chi connectivity index (χ0n) is 9.90. The summed E-state index contributed by atoms with van der Waals surface area (Å²) in [5, 5.41) is 11.3. The van der Waals surface area contributed by atoms with Crippen molar-refractivity contribution in [2.24, 2.45) is 0 Å². The molecule has 2 rings (SSSR count). The maximum absolute atomic E-state index is 10.4. The second-order valence-electron chi connectivity index (χ2n) is 4.00. The van der Waals surface area contributed by atoms with Crippen molar-refractivity contribution in [2.75, 3.05) is 0 Å². The first-order chi connectivity index (χ1) is 8.63. The van der Waals surface area contributed by atoms with E-state index in [1.807, 2.05) is 13.0 Å². The Kier molecular flexibility index (Phi) is 4.23. The van der Waals surface area contributed by atoms with Gasteiger partial charge in [-0.1, -0.05) is 36.2 Å². The van der Waals surface area contributed by atoms with Crippen LogP contribution < -0.4 is 0 Å². The van der Waals surface area contributed by atoms with Crippen LogP contribution in [0, 0.1) is 0 Å². The average Bonchev–Trinajstić information content (AvgIpc) is 2.41. The lowest BCUT2D eigenvalue weighted by Crippen LogP contribution is -2.04. The maximum Gasteiger partial charge on any atom is 0.104 e. The van der Waals surface area contributed by atoms with Crippen LogP contribution in [0.2, 0.25) is 10.0 Å². The Morgan fingerprint density at radius 3 is 2.67 bits per heavy atom. The van der Waals surface area contributed by atoms with E-state index in [4.69, 9.17) is 23.2 Å². The van der Waals surface area contributed by atoms with Crippen LogP contribution in [-0.2, 0) is 6.42 Å². The summed E-state index contributed by atoms with van der Waals surface area (Å²) in [4.78, 5) is 4.07. The van der Waals surface area contributed by atoms with E-state index in [9.17, 15) is 5.11 Å². The second-order valence-corrected chi connectivity index (χ2v) is 4.82. The molecule has 2 aromatic rings. The number of hydrogen-bond acceptors (Lipinski definition) is 2. The zero-order valence-corrected chi connectivity index (χ0v) is 11.4. The Hall–Kier alpha value is -1.09. The molecule has 1 atom stereocenters. The Labute approximate surface area is 116 Å². The molecular weight excluding hydrogens is 269 g/mol. The van der Waals surface area contributed by atoms with Gasteiger partial charge in [0.25, 0.3) is 0 Å². The third-order valence-electron chi connectivity index (χ3n) is 2.88. The summed E-state index contributed by atoms with van der Waals surface area (Å²) in [5.41, 5.74) is 2.60. The van der Waals surface area contributed by atoms with Crippen molar-refractivity contribution in [1.82, 2.24) is 4.98 Å². The number of nitrogens with zero attached hydrogens (tertiary/aromatic N) is 1.